The number of benzene rings is 1. The molecule has 1 aromatic rings. The van der Waals surface area contributed by atoms with Gasteiger partial charge in [0.25, 0.3) is 0 Å². The summed E-state index contributed by atoms with van der Waals surface area (Å²) in [6, 6.07) is 5.99. The van der Waals surface area contributed by atoms with Gasteiger partial charge < -0.3 is 0 Å². The minimum Gasteiger partial charge on any atom is -0.234 e. The van der Waals surface area contributed by atoms with Crippen molar-refractivity contribution in [1.29, 1.82) is 0 Å². The molecule has 0 fully saturated rings. The van der Waals surface area contributed by atoms with Gasteiger partial charge in [-0.3, -0.25) is 0 Å². The van der Waals surface area contributed by atoms with Crippen LogP contribution in [0.3, 0.4) is 0 Å². The van der Waals surface area contributed by atoms with Crippen molar-refractivity contribution in [3.63, 3.8) is 0 Å². The fraction of sp³-hybridized carbons (Fsp3) is 0.417. The lowest BCUT2D eigenvalue weighted by molar-refractivity contribution is 0.651. The Morgan fingerprint density at radius 1 is 1.38 bits per heavy atom. The van der Waals surface area contributed by atoms with Crippen LogP contribution >= 0.6 is 15.9 Å². The van der Waals surface area contributed by atoms with E-state index in [2.05, 4.69) is 20.3 Å². The van der Waals surface area contributed by atoms with Gasteiger partial charge in [0.1, 0.15) is 11.0 Å². The lowest BCUT2D eigenvalue weighted by Crippen LogP contribution is -2.19. The Hall–Kier alpha value is -0.480. The largest absolute Gasteiger partial charge is 0.234 e. The zero-order valence-corrected chi connectivity index (χ0v) is 12.4. The molecule has 1 unspecified atom stereocenters. The quantitative estimate of drug-likeness (QED) is 0.767. The van der Waals surface area contributed by atoms with Gasteiger partial charge in [0.15, 0.2) is 0 Å². The van der Waals surface area contributed by atoms with Gasteiger partial charge >= 0.3 is 0 Å². The van der Waals surface area contributed by atoms with E-state index in [0.717, 1.165) is 15.6 Å². The van der Waals surface area contributed by atoms with Crippen molar-refractivity contribution in [1.82, 2.24) is 0 Å². The fourth-order valence-electron chi connectivity index (χ4n) is 1.02. The predicted molar refractivity (Wildman–Crippen MR) is 74.4 cm³/mol. The van der Waals surface area contributed by atoms with Crippen LogP contribution in [0.1, 0.15) is 31.9 Å². The van der Waals surface area contributed by atoms with Gasteiger partial charge in [-0.05, 0) is 39.8 Å². The number of aryl methyl sites for hydroxylation is 1. The number of nitrogens with zero attached hydrogens (tertiary/aromatic N) is 1. The fourth-order valence-corrected chi connectivity index (χ4v) is 1.90. The average molecular weight is 302 g/mol. The zero-order chi connectivity index (χ0) is 12.3. The zero-order valence-electron chi connectivity index (χ0n) is 9.95. The van der Waals surface area contributed by atoms with Gasteiger partial charge in [0.05, 0.1) is 4.75 Å². The van der Waals surface area contributed by atoms with Gasteiger partial charge in [-0.15, -0.1) is 0 Å². The maximum Gasteiger partial charge on any atom is 0.144 e. The van der Waals surface area contributed by atoms with Crippen molar-refractivity contribution in [2.75, 3.05) is 0 Å². The lowest BCUT2D eigenvalue weighted by atomic mass is 10.2. The maximum atomic E-state index is 11.7. The number of halogens is 1. The predicted octanol–water partition coefficient (Wildman–Crippen LogP) is 3.64. The molecule has 0 heterocycles. The molecule has 0 N–H and O–H groups in total. The second-order valence-electron chi connectivity index (χ2n) is 4.62. The molecule has 0 aliphatic carbocycles. The third-order valence-corrected chi connectivity index (χ3v) is 4.03. The molecule has 16 heavy (non-hydrogen) atoms. The summed E-state index contributed by atoms with van der Waals surface area (Å²) in [4.78, 5) is 0. The van der Waals surface area contributed by atoms with Gasteiger partial charge in [-0.25, -0.2) is 4.21 Å². The van der Waals surface area contributed by atoms with E-state index in [1.165, 1.54) is 0 Å². The van der Waals surface area contributed by atoms with Gasteiger partial charge in [-0.1, -0.05) is 27.6 Å². The van der Waals surface area contributed by atoms with Crippen molar-refractivity contribution in [3.8, 4) is 0 Å². The van der Waals surface area contributed by atoms with E-state index in [9.17, 15) is 4.21 Å². The molecule has 0 spiro atoms. The molecule has 1 aromatic carbocycles. The summed E-state index contributed by atoms with van der Waals surface area (Å²) in [5.41, 5.74) is 2.11. The first-order chi connectivity index (χ1) is 7.30. The summed E-state index contributed by atoms with van der Waals surface area (Å²) in [5, 5.41) is 0. The first kappa shape index (κ1) is 13.6. The molecule has 0 aromatic heterocycles. The van der Waals surface area contributed by atoms with Gasteiger partial charge in [0, 0.05) is 16.3 Å². The Balaban J connectivity index is 2.93. The summed E-state index contributed by atoms with van der Waals surface area (Å²) in [6.07, 6.45) is 1.67. The molecule has 88 valence electrons. The highest BCUT2D eigenvalue weighted by Crippen LogP contribution is 2.17. The minimum absolute atomic E-state index is 0.313. The molecule has 1 rings (SSSR count). The molecule has 4 heteroatoms. The second-order valence-corrected chi connectivity index (χ2v) is 7.41. The molecule has 0 saturated heterocycles. The second kappa shape index (κ2) is 5.23. The average Bonchev–Trinajstić information content (AvgIpc) is 2.17. The Kier molecular flexibility index (Phi) is 4.44. The number of hydrogen-bond acceptors (Lipinski definition) is 1. The summed E-state index contributed by atoms with van der Waals surface area (Å²) in [6.45, 7) is 7.74. The van der Waals surface area contributed by atoms with Crippen LogP contribution in [0.4, 0.5) is 0 Å². The molecule has 0 aliphatic heterocycles. The molecule has 0 aliphatic rings. The first-order valence-electron chi connectivity index (χ1n) is 5.03. The Morgan fingerprint density at radius 2 is 2.00 bits per heavy atom. The smallest absolute Gasteiger partial charge is 0.144 e. The standard InChI is InChI=1S/C12H16BrNOS/c1-9-5-6-11(13)10(7-9)8-14-16(15)12(2,3)4/h5-8H,1-4H3. The van der Waals surface area contributed by atoms with Crippen LogP contribution in [0, 0.1) is 6.92 Å². The summed E-state index contributed by atoms with van der Waals surface area (Å²) in [5.74, 6) is 0. The van der Waals surface area contributed by atoms with E-state index in [1.54, 1.807) is 6.21 Å². The van der Waals surface area contributed by atoms with Gasteiger partial charge in [-0.2, -0.15) is 4.40 Å². The summed E-state index contributed by atoms with van der Waals surface area (Å²) in [7, 11) is -1.20. The first-order valence-corrected chi connectivity index (χ1v) is 6.93. The van der Waals surface area contributed by atoms with E-state index < -0.39 is 11.0 Å². The van der Waals surface area contributed by atoms with Crippen LogP contribution in [0.15, 0.2) is 27.1 Å². The van der Waals surface area contributed by atoms with Crippen LogP contribution < -0.4 is 0 Å². The lowest BCUT2D eigenvalue weighted by Gasteiger charge is -2.12. The van der Waals surface area contributed by atoms with Crippen LogP contribution in [0.5, 0.6) is 0 Å². The van der Waals surface area contributed by atoms with E-state index >= 15 is 0 Å². The third kappa shape index (κ3) is 3.83. The van der Waals surface area contributed by atoms with Crippen molar-refractivity contribution in [2.45, 2.75) is 32.4 Å². The highest BCUT2D eigenvalue weighted by Gasteiger charge is 2.18. The van der Waals surface area contributed by atoms with Crippen LogP contribution in [-0.2, 0) is 11.0 Å². The van der Waals surface area contributed by atoms with Crippen molar-refractivity contribution in [3.05, 3.63) is 33.8 Å². The van der Waals surface area contributed by atoms with E-state index in [0.29, 0.717) is 0 Å². The SMILES string of the molecule is Cc1ccc(Br)c(C=NS(=O)C(C)(C)C)c1. The molecule has 1 atom stereocenters. The summed E-state index contributed by atoms with van der Waals surface area (Å²) >= 11 is 3.44. The highest BCUT2D eigenvalue weighted by atomic mass is 79.9. The normalized spacial score (nSPS) is 14.3. The molecule has 0 saturated carbocycles. The number of hydrogen-bond donors (Lipinski definition) is 0. The van der Waals surface area contributed by atoms with E-state index in [1.807, 2.05) is 45.9 Å². The Morgan fingerprint density at radius 3 is 2.56 bits per heavy atom. The monoisotopic (exact) mass is 301 g/mol. The van der Waals surface area contributed by atoms with Crippen LogP contribution in [0.25, 0.3) is 0 Å². The van der Waals surface area contributed by atoms with Gasteiger partial charge in [0.2, 0.25) is 0 Å². The van der Waals surface area contributed by atoms with Crippen molar-refractivity contribution < 1.29 is 4.21 Å². The molecule has 0 radical (unpaired) electrons. The molecular weight excluding hydrogens is 286 g/mol. The molecular formula is C12H16BrNOS. The minimum atomic E-state index is -1.20. The molecule has 0 amide bonds. The molecule has 0 bridgehead atoms. The summed E-state index contributed by atoms with van der Waals surface area (Å²) < 4.78 is 16.5. The number of rotatable bonds is 2. The van der Waals surface area contributed by atoms with Crippen molar-refractivity contribution in [2.24, 2.45) is 4.40 Å². The van der Waals surface area contributed by atoms with E-state index in [4.69, 9.17) is 0 Å². The molecule has 2 nitrogen and oxygen atoms in total. The Bertz CT molecular complexity index is 435. The van der Waals surface area contributed by atoms with E-state index in [-0.39, 0.29) is 4.75 Å². The topological polar surface area (TPSA) is 29.4 Å². The van der Waals surface area contributed by atoms with Crippen molar-refractivity contribution >= 4 is 33.1 Å². The highest BCUT2D eigenvalue weighted by molar-refractivity contribution is 9.10. The van der Waals surface area contributed by atoms with Crippen LogP contribution in [-0.4, -0.2) is 15.2 Å². The third-order valence-electron chi connectivity index (χ3n) is 1.96. The van der Waals surface area contributed by atoms with Crippen LogP contribution in [0.2, 0.25) is 0 Å². The Labute approximate surface area is 108 Å². The maximum absolute atomic E-state index is 11.7.